The molecule has 1 saturated carbocycles. The number of rotatable bonds is 3. The number of nitrogen functional groups attached to an aromatic ring is 1. The number of imidazole rings is 1. The first kappa shape index (κ1) is 13.3. The van der Waals surface area contributed by atoms with Crippen LogP contribution in [0.1, 0.15) is 39.0 Å². The van der Waals surface area contributed by atoms with Gasteiger partial charge in [-0.05, 0) is 30.4 Å². The molecule has 0 atom stereocenters. The Hall–Kier alpha value is -1.71. The third-order valence-electron chi connectivity index (χ3n) is 4.59. The molecule has 0 aliphatic heterocycles. The summed E-state index contributed by atoms with van der Waals surface area (Å²) in [6.45, 7) is 3.34. The number of nitrogens with zero attached hydrogens (tertiary/aromatic N) is 2. The summed E-state index contributed by atoms with van der Waals surface area (Å²) >= 11 is 0. The molecule has 2 N–H and O–H groups in total. The Morgan fingerprint density at radius 3 is 2.75 bits per heavy atom. The van der Waals surface area contributed by atoms with Crippen molar-refractivity contribution < 1.29 is 4.74 Å². The first-order valence-electron chi connectivity index (χ1n) is 7.41. The quantitative estimate of drug-likeness (QED) is 0.929. The number of anilines is 1. The Morgan fingerprint density at radius 2 is 2.05 bits per heavy atom. The van der Waals surface area contributed by atoms with E-state index in [0.717, 1.165) is 23.3 Å². The molecule has 1 aromatic heterocycles. The van der Waals surface area contributed by atoms with Crippen LogP contribution in [0.5, 0.6) is 5.75 Å². The van der Waals surface area contributed by atoms with Crippen molar-refractivity contribution in [3.63, 3.8) is 0 Å². The van der Waals surface area contributed by atoms with Gasteiger partial charge in [-0.15, -0.1) is 0 Å². The molecule has 0 radical (unpaired) electrons. The molecular weight excluding hydrogens is 250 g/mol. The molecule has 4 heteroatoms. The van der Waals surface area contributed by atoms with Gasteiger partial charge in [-0.2, -0.15) is 0 Å². The summed E-state index contributed by atoms with van der Waals surface area (Å²) in [7, 11) is 1.67. The van der Waals surface area contributed by atoms with Crippen LogP contribution in [-0.4, -0.2) is 16.7 Å². The molecule has 0 amide bonds. The summed E-state index contributed by atoms with van der Waals surface area (Å²) in [6.07, 6.45) is 6.59. The second-order valence-electron chi connectivity index (χ2n) is 6.28. The molecule has 0 spiro atoms. The van der Waals surface area contributed by atoms with Crippen LogP contribution >= 0.6 is 0 Å². The highest BCUT2D eigenvalue weighted by molar-refractivity contribution is 5.79. The number of fused-ring (bicyclic) bond motifs is 1. The van der Waals surface area contributed by atoms with Crippen molar-refractivity contribution in [2.24, 2.45) is 5.41 Å². The van der Waals surface area contributed by atoms with Crippen molar-refractivity contribution in [3.05, 3.63) is 18.2 Å². The molecule has 3 rings (SSSR count). The van der Waals surface area contributed by atoms with E-state index in [1.165, 1.54) is 32.1 Å². The van der Waals surface area contributed by atoms with Gasteiger partial charge in [0.25, 0.3) is 0 Å². The molecule has 0 saturated heterocycles. The molecule has 1 heterocycles. The lowest BCUT2D eigenvalue weighted by Gasteiger charge is -2.34. The van der Waals surface area contributed by atoms with Crippen molar-refractivity contribution in [3.8, 4) is 5.75 Å². The smallest absolute Gasteiger partial charge is 0.201 e. The Balaban J connectivity index is 1.96. The largest absolute Gasteiger partial charge is 0.497 e. The predicted molar refractivity (Wildman–Crippen MR) is 81.9 cm³/mol. The average molecular weight is 273 g/mol. The zero-order valence-electron chi connectivity index (χ0n) is 12.4. The van der Waals surface area contributed by atoms with Crippen molar-refractivity contribution in [2.45, 2.75) is 45.6 Å². The minimum Gasteiger partial charge on any atom is -0.497 e. The third kappa shape index (κ3) is 2.35. The van der Waals surface area contributed by atoms with Gasteiger partial charge in [0.15, 0.2) is 0 Å². The van der Waals surface area contributed by atoms with Gasteiger partial charge >= 0.3 is 0 Å². The number of methoxy groups -OCH3 is 1. The number of hydrogen-bond donors (Lipinski definition) is 1. The Labute approximate surface area is 119 Å². The van der Waals surface area contributed by atoms with Gasteiger partial charge in [0.1, 0.15) is 5.75 Å². The van der Waals surface area contributed by atoms with Gasteiger partial charge in [-0.1, -0.05) is 26.2 Å². The molecule has 1 aromatic carbocycles. The number of ether oxygens (including phenoxy) is 1. The molecule has 0 unspecified atom stereocenters. The minimum atomic E-state index is 0.347. The SMILES string of the molecule is COc1ccc2c(c1)nc(N)n2CC1(C)CCCCC1. The highest BCUT2D eigenvalue weighted by atomic mass is 16.5. The summed E-state index contributed by atoms with van der Waals surface area (Å²) in [6, 6.07) is 5.98. The maximum Gasteiger partial charge on any atom is 0.201 e. The maximum absolute atomic E-state index is 6.13. The van der Waals surface area contributed by atoms with Crippen molar-refractivity contribution >= 4 is 17.0 Å². The number of hydrogen-bond acceptors (Lipinski definition) is 3. The molecule has 1 aliphatic carbocycles. The lowest BCUT2D eigenvalue weighted by molar-refractivity contribution is 0.186. The van der Waals surface area contributed by atoms with Crippen molar-refractivity contribution in [1.82, 2.24) is 9.55 Å². The molecular formula is C16H23N3O. The number of benzene rings is 1. The highest BCUT2D eigenvalue weighted by Gasteiger charge is 2.28. The van der Waals surface area contributed by atoms with Crippen LogP contribution in [0.15, 0.2) is 18.2 Å². The fourth-order valence-electron chi connectivity index (χ4n) is 3.37. The average Bonchev–Trinajstić information content (AvgIpc) is 2.74. The number of aromatic nitrogens is 2. The van der Waals surface area contributed by atoms with E-state index >= 15 is 0 Å². The minimum absolute atomic E-state index is 0.347. The van der Waals surface area contributed by atoms with Crippen molar-refractivity contribution in [1.29, 1.82) is 0 Å². The summed E-state index contributed by atoms with van der Waals surface area (Å²) < 4.78 is 7.42. The first-order valence-corrected chi connectivity index (χ1v) is 7.41. The van der Waals surface area contributed by atoms with Crippen LogP contribution in [0.3, 0.4) is 0 Å². The third-order valence-corrected chi connectivity index (χ3v) is 4.59. The Kier molecular flexibility index (Phi) is 3.32. The van der Waals surface area contributed by atoms with Gasteiger partial charge in [-0.25, -0.2) is 4.98 Å². The number of nitrogens with two attached hydrogens (primary N) is 1. The predicted octanol–water partition coefficient (Wildman–Crippen LogP) is 3.60. The second-order valence-corrected chi connectivity index (χ2v) is 6.28. The Morgan fingerprint density at radius 1 is 1.30 bits per heavy atom. The Bertz CT molecular complexity index is 611. The van der Waals surface area contributed by atoms with Crippen LogP contribution in [-0.2, 0) is 6.54 Å². The lowest BCUT2D eigenvalue weighted by Crippen LogP contribution is -2.26. The van der Waals surface area contributed by atoms with Crippen molar-refractivity contribution in [2.75, 3.05) is 12.8 Å². The lowest BCUT2D eigenvalue weighted by atomic mass is 9.75. The van der Waals surface area contributed by atoms with Gasteiger partial charge < -0.3 is 15.0 Å². The van der Waals surface area contributed by atoms with Crippen LogP contribution < -0.4 is 10.5 Å². The zero-order chi connectivity index (χ0) is 14.2. The van der Waals surface area contributed by atoms with E-state index in [4.69, 9.17) is 10.5 Å². The fourth-order valence-corrected chi connectivity index (χ4v) is 3.37. The van der Waals surface area contributed by atoms with Crippen LogP contribution in [0.2, 0.25) is 0 Å². The van der Waals surface area contributed by atoms with Crippen LogP contribution in [0.4, 0.5) is 5.95 Å². The van der Waals surface area contributed by atoms with E-state index in [1.807, 2.05) is 12.1 Å². The van der Waals surface area contributed by atoms with Gasteiger partial charge in [0.2, 0.25) is 5.95 Å². The maximum atomic E-state index is 6.13. The monoisotopic (exact) mass is 273 g/mol. The normalized spacial score (nSPS) is 18.3. The molecule has 20 heavy (non-hydrogen) atoms. The molecule has 0 bridgehead atoms. The standard InChI is InChI=1S/C16H23N3O/c1-16(8-4-3-5-9-16)11-19-14-7-6-12(20-2)10-13(14)18-15(19)17/h6-7,10H,3-5,8-9,11H2,1-2H3,(H2,17,18). The summed E-state index contributed by atoms with van der Waals surface area (Å²) in [5, 5.41) is 0. The van der Waals surface area contributed by atoms with E-state index in [1.54, 1.807) is 7.11 Å². The summed E-state index contributed by atoms with van der Waals surface area (Å²) in [5.41, 5.74) is 8.50. The molecule has 108 valence electrons. The molecule has 1 aliphatic rings. The van der Waals surface area contributed by atoms with Crippen LogP contribution in [0.25, 0.3) is 11.0 Å². The first-order chi connectivity index (χ1) is 9.61. The molecule has 2 aromatic rings. The van der Waals surface area contributed by atoms with E-state index in [-0.39, 0.29) is 0 Å². The van der Waals surface area contributed by atoms with Gasteiger partial charge in [-0.3, -0.25) is 0 Å². The summed E-state index contributed by atoms with van der Waals surface area (Å²) in [5.74, 6) is 1.44. The highest BCUT2D eigenvalue weighted by Crippen LogP contribution is 2.38. The van der Waals surface area contributed by atoms with Crippen LogP contribution in [0, 0.1) is 5.41 Å². The van der Waals surface area contributed by atoms with E-state index in [2.05, 4.69) is 22.5 Å². The van der Waals surface area contributed by atoms with E-state index < -0.39 is 0 Å². The topological polar surface area (TPSA) is 53.1 Å². The molecule has 1 fully saturated rings. The van der Waals surface area contributed by atoms with E-state index in [0.29, 0.717) is 11.4 Å². The fraction of sp³-hybridized carbons (Fsp3) is 0.562. The van der Waals surface area contributed by atoms with E-state index in [9.17, 15) is 0 Å². The second kappa shape index (κ2) is 5.00. The summed E-state index contributed by atoms with van der Waals surface area (Å²) in [4.78, 5) is 4.48. The molecule has 4 nitrogen and oxygen atoms in total. The van der Waals surface area contributed by atoms with Gasteiger partial charge in [0.05, 0.1) is 18.1 Å². The van der Waals surface area contributed by atoms with Gasteiger partial charge in [0, 0.05) is 12.6 Å². The zero-order valence-corrected chi connectivity index (χ0v) is 12.4.